The number of aryl methyl sites for hydroxylation is 1. The molecule has 6 nitrogen and oxygen atoms in total. The van der Waals surface area contributed by atoms with Crippen LogP contribution in [-0.4, -0.2) is 22.4 Å². The molecule has 0 radical (unpaired) electrons. The van der Waals surface area contributed by atoms with Gasteiger partial charge in [-0.25, -0.2) is 4.99 Å². The van der Waals surface area contributed by atoms with E-state index in [1.54, 1.807) is 11.7 Å². The number of aromatic nitrogens is 2. The molecule has 1 aliphatic heterocycles. The number of nitrogens with zero attached hydrogens (tertiary/aromatic N) is 2. The third-order valence-corrected chi connectivity index (χ3v) is 8.03. The summed E-state index contributed by atoms with van der Waals surface area (Å²) in [6, 6.07) is 19.2. The van der Waals surface area contributed by atoms with Gasteiger partial charge in [0.25, 0.3) is 5.56 Å². The Balaban J connectivity index is 1.69. The van der Waals surface area contributed by atoms with E-state index in [1.165, 1.54) is 18.3 Å². The van der Waals surface area contributed by atoms with Crippen LogP contribution < -0.4 is 19.6 Å². The number of nitrogens with one attached hydrogen (secondary N) is 1. The van der Waals surface area contributed by atoms with Gasteiger partial charge in [0.15, 0.2) is 10.6 Å². The second kappa shape index (κ2) is 8.71. The van der Waals surface area contributed by atoms with Crippen LogP contribution in [0.3, 0.4) is 0 Å². The number of allylic oxidation sites excluding steroid dienone is 2. The largest absolute Gasteiger partial charge is 0.496 e. The highest BCUT2D eigenvalue weighted by Gasteiger charge is 2.33. The zero-order valence-corrected chi connectivity index (χ0v) is 21.8. The molecule has 3 aromatic carbocycles. The van der Waals surface area contributed by atoms with Crippen molar-refractivity contribution in [1.29, 1.82) is 0 Å². The van der Waals surface area contributed by atoms with Crippen LogP contribution in [0, 0.1) is 6.92 Å². The van der Waals surface area contributed by atoms with Crippen LogP contribution in [0.1, 0.15) is 36.7 Å². The van der Waals surface area contributed by atoms with Gasteiger partial charge >= 0.3 is 0 Å². The third kappa shape index (κ3) is 3.57. The SMILES string of the molecule is COc1ccc2ccccc2c1[C@H]1C(C(C)=O)=C(C)N=c2s/c(=C\c3c(C)[nH]c4ccccc34)c(=O)n21. The van der Waals surface area contributed by atoms with Gasteiger partial charge in [0, 0.05) is 39.0 Å². The highest BCUT2D eigenvalue weighted by atomic mass is 32.1. The molecule has 5 aromatic rings. The summed E-state index contributed by atoms with van der Waals surface area (Å²) in [5.74, 6) is 0.502. The fourth-order valence-corrected chi connectivity index (χ4v) is 6.42. The minimum absolute atomic E-state index is 0.122. The number of H-pyrrole nitrogens is 1. The molecule has 2 aromatic heterocycles. The predicted molar refractivity (Wildman–Crippen MR) is 148 cm³/mol. The number of Topliss-reactive ketones (excluding diaryl/α,β-unsaturated/α-hetero) is 1. The van der Waals surface area contributed by atoms with Crippen molar-refractivity contribution in [2.24, 2.45) is 4.99 Å². The summed E-state index contributed by atoms with van der Waals surface area (Å²) < 4.78 is 8.02. The normalized spacial score (nSPS) is 15.8. The molecule has 37 heavy (non-hydrogen) atoms. The smallest absolute Gasteiger partial charge is 0.271 e. The Bertz CT molecular complexity index is 1960. The number of para-hydroxylation sites is 1. The molecule has 184 valence electrons. The molecular weight excluding hydrogens is 482 g/mol. The molecule has 1 atom stereocenters. The lowest BCUT2D eigenvalue weighted by molar-refractivity contribution is -0.114. The van der Waals surface area contributed by atoms with Crippen molar-refractivity contribution in [2.45, 2.75) is 26.8 Å². The molecule has 0 aliphatic carbocycles. The fourth-order valence-electron chi connectivity index (χ4n) is 5.39. The number of benzene rings is 3. The van der Waals surface area contributed by atoms with Crippen LogP contribution in [0.25, 0.3) is 27.8 Å². The molecule has 0 unspecified atom stereocenters. The van der Waals surface area contributed by atoms with Gasteiger partial charge in [0.2, 0.25) is 0 Å². The number of carbonyl (C=O) groups is 1. The summed E-state index contributed by atoms with van der Waals surface area (Å²) in [7, 11) is 1.61. The highest BCUT2D eigenvalue weighted by molar-refractivity contribution is 7.07. The molecule has 3 heterocycles. The van der Waals surface area contributed by atoms with Gasteiger partial charge in [0.05, 0.1) is 17.7 Å². The molecule has 0 saturated heterocycles. The summed E-state index contributed by atoms with van der Waals surface area (Å²) in [6.07, 6.45) is 1.93. The van der Waals surface area contributed by atoms with Crippen LogP contribution in [0.4, 0.5) is 0 Å². The summed E-state index contributed by atoms with van der Waals surface area (Å²) in [6.45, 7) is 5.37. The van der Waals surface area contributed by atoms with E-state index in [-0.39, 0.29) is 11.3 Å². The van der Waals surface area contributed by atoms with E-state index in [2.05, 4.69) is 4.98 Å². The Morgan fingerprint density at radius 3 is 2.54 bits per heavy atom. The lowest BCUT2D eigenvalue weighted by atomic mass is 9.89. The standard InChI is InChI=1S/C30H25N3O3S/c1-16-22(21-11-7-8-12-23(21)31-16)15-25-29(35)33-28(26(18(3)34)17(2)32-30(33)37-25)27-20-10-6-5-9-19(20)13-14-24(27)36-4/h5-15,28,31H,1-4H3/b25-15-/t28-/m1/s1. The van der Waals surface area contributed by atoms with Crippen molar-refractivity contribution in [2.75, 3.05) is 7.11 Å². The lowest BCUT2D eigenvalue weighted by Gasteiger charge is -2.27. The van der Waals surface area contributed by atoms with E-state index in [1.807, 2.05) is 80.6 Å². The molecule has 7 heteroatoms. The molecule has 1 N–H and O–H groups in total. The van der Waals surface area contributed by atoms with Gasteiger partial charge in [0.1, 0.15) is 5.75 Å². The monoisotopic (exact) mass is 507 g/mol. The van der Waals surface area contributed by atoms with Gasteiger partial charge in [-0.3, -0.25) is 14.2 Å². The number of rotatable bonds is 4. The number of hydrogen-bond donors (Lipinski definition) is 1. The van der Waals surface area contributed by atoms with Crippen molar-refractivity contribution < 1.29 is 9.53 Å². The Hall–Kier alpha value is -4.23. The van der Waals surface area contributed by atoms with Crippen molar-refractivity contribution >= 4 is 44.9 Å². The Kier molecular flexibility index (Phi) is 5.46. The summed E-state index contributed by atoms with van der Waals surface area (Å²) >= 11 is 1.34. The zero-order chi connectivity index (χ0) is 25.8. The van der Waals surface area contributed by atoms with Crippen LogP contribution in [-0.2, 0) is 4.79 Å². The average molecular weight is 508 g/mol. The van der Waals surface area contributed by atoms with E-state index >= 15 is 0 Å². The summed E-state index contributed by atoms with van der Waals surface area (Å²) in [4.78, 5) is 35.8. The maximum absolute atomic E-state index is 14.1. The van der Waals surface area contributed by atoms with Crippen molar-refractivity contribution in [1.82, 2.24) is 9.55 Å². The number of hydrogen-bond acceptors (Lipinski definition) is 5. The second-order valence-corrected chi connectivity index (χ2v) is 10.3. The minimum Gasteiger partial charge on any atom is -0.496 e. The fraction of sp³-hybridized carbons (Fsp3) is 0.167. The van der Waals surface area contributed by atoms with E-state index in [4.69, 9.17) is 9.73 Å². The number of thiazole rings is 1. The summed E-state index contributed by atoms with van der Waals surface area (Å²) in [5, 5.41) is 2.99. The molecule has 6 rings (SSSR count). The predicted octanol–water partition coefficient (Wildman–Crippen LogP) is 4.78. The molecule has 0 spiro atoms. The summed E-state index contributed by atoms with van der Waals surface area (Å²) in [5.41, 5.74) is 4.70. The van der Waals surface area contributed by atoms with E-state index < -0.39 is 6.04 Å². The van der Waals surface area contributed by atoms with E-state index in [0.717, 1.165) is 38.5 Å². The molecule has 0 bridgehead atoms. The third-order valence-electron chi connectivity index (χ3n) is 7.04. The van der Waals surface area contributed by atoms with Gasteiger partial charge in [-0.15, -0.1) is 0 Å². The number of ether oxygens (including phenoxy) is 1. The first-order valence-electron chi connectivity index (χ1n) is 12.1. The molecule has 0 saturated carbocycles. The van der Waals surface area contributed by atoms with Crippen LogP contribution in [0.2, 0.25) is 0 Å². The lowest BCUT2D eigenvalue weighted by Crippen LogP contribution is -2.39. The average Bonchev–Trinajstić information content (AvgIpc) is 3.37. The number of aromatic amines is 1. The van der Waals surface area contributed by atoms with E-state index in [0.29, 0.717) is 26.4 Å². The Morgan fingerprint density at radius 2 is 1.78 bits per heavy atom. The second-order valence-electron chi connectivity index (χ2n) is 9.25. The molecule has 0 fully saturated rings. The maximum Gasteiger partial charge on any atom is 0.271 e. The first kappa shape index (κ1) is 23.2. The van der Waals surface area contributed by atoms with Gasteiger partial charge in [-0.05, 0) is 49.8 Å². The van der Waals surface area contributed by atoms with Crippen LogP contribution in [0.5, 0.6) is 5.75 Å². The topological polar surface area (TPSA) is 76.4 Å². The Morgan fingerprint density at radius 1 is 1.05 bits per heavy atom. The minimum atomic E-state index is -0.652. The highest BCUT2D eigenvalue weighted by Crippen LogP contribution is 2.40. The molecular formula is C30H25N3O3S. The Labute approximate surface area is 216 Å². The van der Waals surface area contributed by atoms with Crippen molar-refractivity contribution in [3.63, 3.8) is 0 Å². The van der Waals surface area contributed by atoms with Gasteiger partial charge in [-0.1, -0.05) is 59.9 Å². The number of fused-ring (bicyclic) bond motifs is 3. The van der Waals surface area contributed by atoms with Crippen LogP contribution in [0.15, 0.2) is 81.7 Å². The van der Waals surface area contributed by atoms with E-state index in [9.17, 15) is 9.59 Å². The van der Waals surface area contributed by atoms with Crippen molar-refractivity contribution in [3.8, 4) is 5.75 Å². The van der Waals surface area contributed by atoms with Crippen LogP contribution >= 0.6 is 11.3 Å². The van der Waals surface area contributed by atoms with Crippen molar-refractivity contribution in [3.05, 3.63) is 108 Å². The first-order chi connectivity index (χ1) is 17.9. The van der Waals surface area contributed by atoms with Gasteiger partial charge < -0.3 is 9.72 Å². The van der Waals surface area contributed by atoms with Gasteiger partial charge in [-0.2, -0.15) is 0 Å². The molecule has 0 amide bonds. The number of carbonyl (C=O) groups excluding carboxylic acids is 1. The molecule has 1 aliphatic rings. The zero-order valence-electron chi connectivity index (χ0n) is 21.0. The number of methoxy groups -OCH3 is 1. The number of ketones is 1. The first-order valence-corrected chi connectivity index (χ1v) is 12.9. The quantitative estimate of drug-likeness (QED) is 0.381. The maximum atomic E-state index is 14.1.